The molecule has 2 amide bonds. The van der Waals surface area contributed by atoms with Gasteiger partial charge in [-0.3, -0.25) is 9.59 Å². The van der Waals surface area contributed by atoms with Crippen molar-refractivity contribution in [2.24, 2.45) is 5.92 Å². The second-order valence-corrected chi connectivity index (χ2v) is 6.87. The number of hydrogen-bond donors (Lipinski definition) is 1. The van der Waals surface area contributed by atoms with Crippen LogP contribution < -0.4 is 15.0 Å². The lowest BCUT2D eigenvalue weighted by atomic mass is 10.00. The molecule has 0 aromatic heterocycles. The Bertz CT molecular complexity index is 858. The molecule has 1 N–H and O–H groups in total. The van der Waals surface area contributed by atoms with Crippen LogP contribution >= 0.6 is 0 Å². The Hall–Kier alpha value is -2.82. The number of rotatable bonds is 4. The fourth-order valence-electron chi connectivity index (χ4n) is 3.49. The van der Waals surface area contributed by atoms with Gasteiger partial charge in [0.25, 0.3) is 5.91 Å². The predicted octanol–water partition coefficient (Wildman–Crippen LogP) is 3.64. The van der Waals surface area contributed by atoms with Crippen molar-refractivity contribution in [1.82, 2.24) is 0 Å². The lowest BCUT2D eigenvalue weighted by molar-refractivity contribution is -0.119. The zero-order chi connectivity index (χ0) is 18.1. The molecule has 2 aromatic carbocycles. The fraction of sp³-hybridized carbons (Fsp3) is 0.333. The third kappa shape index (κ3) is 3.17. The predicted molar refractivity (Wildman–Crippen MR) is 101 cm³/mol. The highest BCUT2D eigenvalue weighted by atomic mass is 16.5. The Morgan fingerprint density at radius 1 is 1.15 bits per heavy atom. The summed E-state index contributed by atoms with van der Waals surface area (Å²) in [6.45, 7) is 0.787. The summed E-state index contributed by atoms with van der Waals surface area (Å²) in [7, 11) is 1.55. The smallest absolute Gasteiger partial charge is 0.259 e. The third-order valence-corrected chi connectivity index (χ3v) is 5.00. The molecule has 1 heterocycles. The van der Waals surface area contributed by atoms with E-state index in [9.17, 15) is 9.59 Å². The van der Waals surface area contributed by atoms with Crippen molar-refractivity contribution in [2.45, 2.75) is 25.7 Å². The minimum absolute atomic E-state index is 0.205. The van der Waals surface area contributed by atoms with Crippen molar-refractivity contribution < 1.29 is 14.3 Å². The first-order valence-electron chi connectivity index (χ1n) is 9.06. The highest BCUT2D eigenvalue weighted by molar-refractivity contribution is 6.06. The number of fused-ring (bicyclic) bond motifs is 1. The van der Waals surface area contributed by atoms with E-state index in [1.807, 2.05) is 35.2 Å². The Balaban J connectivity index is 1.55. The topological polar surface area (TPSA) is 58.6 Å². The minimum atomic E-state index is -0.205. The zero-order valence-electron chi connectivity index (χ0n) is 14.8. The molecule has 0 saturated heterocycles. The lowest BCUT2D eigenvalue weighted by Crippen LogP contribution is -2.36. The molecule has 1 fully saturated rings. The van der Waals surface area contributed by atoms with Crippen LogP contribution in [0.5, 0.6) is 5.75 Å². The van der Waals surface area contributed by atoms with Crippen LogP contribution in [0.3, 0.4) is 0 Å². The van der Waals surface area contributed by atoms with Crippen LogP contribution in [0.15, 0.2) is 42.5 Å². The summed E-state index contributed by atoms with van der Waals surface area (Å²) in [6.07, 6.45) is 3.90. The molecule has 0 atom stereocenters. The van der Waals surface area contributed by atoms with Crippen molar-refractivity contribution in [3.63, 3.8) is 0 Å². The summed E-state index contributed by atoms with van der Waals surface area (Å²) in [5.41, 5.74) is 3.34. The maximum atomic E-state index is 12.6. The number of para-hydroxylation sites is 1. The number of ether oxygens (including phenoxy) is 1. The van der Waals surface area contributed by atoms with Gasteiger partial charge in [0.15, 0.2) is 0 Å². The molecule has 5 heteroatoms. The quantitative estimate of drug-likeness (QED) is 0.916. The standard InChI is InChI=1S/C21H22N2O3/c1-26-19-7-3-2-6-17(19)20(24)22-16-10-11-18-15(13-16)5-4-12-23(18)21(25)14-8-9-14/h2-3,6-7,10-11,13-14H,4-5,8-9,12H2,1H3,(H,22,24). The summed E-state index contributed by atoms with van der Waals surface area (Å²) < 4.78 is 5.26. The van der Waals surface area contributed by atoms with Crippen LogP contribution in [0.4, 0.5) is 11.4 Å². The van der Waals surface area contributed by atoms with Gasteiger partial charge in [0.2, 0.25) is 5.91 Å². The molecule has 2 aliphatic rings. The number of aryl methyl sites for hydroxylation is 1. The number of hydrogen-bond acceptors (Lipinski definition) is 3. The Kier molecular flexibility index (Phi) is 4.37. The number of amides is 2. The van der Waals surface area contributed by atoms with Gasteiger partial charge in [0, 0.05) is 23.8 Å². The maximum Gasteiger partial charge on any atom is 0.259 e. The molecule has 5 nitrogen and oxygen atoms in total. The average Bonchev–Trinajstić information content (AvgIpc) is 3.52. The summed E-state index contributed by atoms with van der Waals surface area (Å²) in [5, 5.41) is 2.94. The molecule has 0 bridgehead atoms. The van der Waals surface area contributed by atoms with E-state index in [0.29, 0.717) is 11.3 Å². The molecule has 1 aliphatic carbocycles. The Morgan fingerprint density at radius 2 is 1.96 bits per heavy atom. The van der Waals surface area contributed by atoms with Crippen molar-refractivity contribution >= 4 is 23.2 Å². The van der Waals surface area contributed by atoms with Crippen molar-refractivity contribution in [3.05, 3.63) is 53.6 Å². The number of anilines is 2. The molecule has 4 rings (SSSR count). The van der Waals surface area contributed by atoms with E-state index in [4.69, 9.17) is 4.74 Å². The van der Waals surface area contributed by atoms with E-state index in [1.54, 1.807) is 19.2 Å². The van der Waals surface area contributed by atoms with Gasteiger partial charge in [-0.1, -0.05) is 12.1 Å². The van der Waals surface area contributed by atoms with Gasteiger partial charge in [-0.15, -0.1) is 0 Å². The number of carbonyl (C=O) groups excluding carboxylic acids is 2. The van der Waals surface area contributed by atoms with Gasteiger partial charge in [0.1, 0.15) is 5.75 Å². The SMILES string of the molecule is COc1ccccc1C(=O)Nc1ccc2c(c1)CCCN2C(=O)C1CC1. The molecule has 26 heavy (non-hydrogen) atoms. The van der Waals surface area contributed by atoms with Gasteiger partial charge in [-0.25, -0.2) is 0 Å². The molecular formula is C21H22N2O3. The molecule has 0 radical (unpaired) electrons. The van der Waals surface area contributed by atoms with Crippen LogP contribution in [0.1, 0.15) is 35.2 Å². The number of methoxy groups -OCH3 is 1. The zero-order valence-corrected chi connectivity index (χ0v) is 14.8. The highest BCUT2D eigenvalue weighted by Crippen LogP contribution is 2.36. The summed E-state index contributed by atoms with van der Waals surface area (Å²) in [5.74, 6) is 0.802. The molecule has 1 saturated carbocycles. The van der Waals surface area contributed by atoms with Crippen molar-refractivity contribution in [2.75, 3.05) is 23.9 Å². The fourth-order valence-corrected chi connectivity index (χ4v) is 3.49. The highest BCUT2D eigenvalue weighted by Gasteiger charge is 2.35. The van der Waals surface area contributed by atoms with Gasteiger partial charge < -0.3 is 15.0 Å². The monoisotopic (exact) mass is 350 g/mol. The molecular weight excluding hydrogens is 328 g/mol. The summed E-state index contributed by atoms with van der Waals surface area (Å²) in [6, 6.07) is 12.9. The van der Waals surface area contributed by atoms with Crippen LogP contribution in [0.25, 0.3) is 0 Å². The van der Waals surface area contributed by atoms with E-state index in [-0.39, 0.29) is 17.7 Å². The van der Waals surface area contributed by atoms with Gasteiger partial charge in [0.05, 0.1) is 12.7 Å². The second kappa shape index (κ2) is 6.83. The Morgan fingerprint density at radius 3 is 2.73 bits per heavy atom. The summed E-state index contributed by atoms with van der Waals surface area (Å²) in [4.78, 5) is 27.0. The van der Waals surface area contributed by atoms with Crippen molar-refractivity contribution in [3.8, 4) is 5.75 Å². The first kappa shape index (κ1) is 16.6. The van der Waals surface area contributed by atoms with Gasteiger partial charge >= 0.3 is 0 Å². The van der Waals surface area contributed by atoms with Gasteiger partial charge in [-0.05, 0) is 61.6 Å². The first-order valence-corrected chi connectivity index (χ1v) is 9.06. The van der Waals surface area contributed by atoms with Crippen molar-refractivity contribution in [1.29, 1.82) is 0 Å². The van der Waals surface area contributed by atoms with E-state index < -0.39 is 0 Å². The van der Waals surface area contributed by atoms with E-state index in [1.165, 1.54) is 0 Å². The largest absolute Gasteiger partial charge is 0.496 e. The van der Waals surface area contributed by atoms with E-state index in [0.717, 1.165) is 49.2 Å². The number of nitrogens with one attached hydrogen (secondary N) is 1. The molecule has 0 spiro atoms. The number of carbonyl (C=O) groups is 2. The molecule has 1 aliphatic heterocycles. The number of benzene rings is 2. The Labute approximate surface area is 153 Å². The van der Waals surface area contributed by atoms with Crippen LogP contribution in [-0.4, -0.2) is 25.5 Å². The first-order chi connectivity index (χ1) is 12.7. The lowest BCUT2D eigenvalue weighted by Gasteiger charge is -2.30. The summed E-state index contributed by atoms with van der Waals surface area (Å²) >= 11 is 0. The molecule has 134 valence electrons. The normalized spacial score (nSPS) is 16.0. The average molecular weight is 350 g/mol. The van der Waals surface area contributed by atoms with Crippen LogP contribution in [0, 0.1) is 5.92 Å². The molecule has 2 aromatic rings. The van der Waals surface area contributed by atoms with Crippen LogP contribution in [0.2, 0.25) is 0 Å². The third-order valence-electron chi connectivity index (χ3n) is 5.00. The second-order valence-electron chi connectivity index (χ2n) is 6.87. The molecule has 0 unspecified atom stereocenters. The maximum absolute atomic E-state index is 12.6. The number of nitrogens with zero attached hydrogens (tertiary/aromatic N) is 1. The van der Waals surface area contributed by atoms with Gasteiger partial charge in [-0.2, -0.15) is 0 Å². The van der Waals surface area contributed by atoms with E-state index >= 15 is 0 Å². The van der Waals surface area contributed by atoms with E-state index in [2.05, 4.69) is 5.32 Å². The van der Waals surface area contributed by atoms with Crippen LogP contribution in [-0.2, 0) is 11.2 Å². The minimum Gasteiger partial charge on any atom is -0.496 e.